The number of carboxylic acids is 1. The van der Waals surface area contributed by atoms with Crippen molar-refractivity contribution < 1.29 is 38.3 Å². The van der Waals surface area contributed by atoms with E-state index in [1.807, 2.05) is 25.7 Å². The zero-order valence-corrected chi connectivity index (χ0v) is 16.4. The van der Waals surface area contributed by atoms with Gasteiger partial charge < -0.3 is 35.9 Å². The molecule has 1 aliphatic rings. The van der Waals surface area contributed by atoms with Crippen molar-refractivity contribution in [2.75, 3.05) is 26.2 Å². The fourth-order valence-electron chi connectivity index (χ4n) is 2.42. The molecule has 1 rings (SSSR count). The number of amides is 1. The first-order valence-electron chi connectivity index (χ1n) is 8.36. The van der Waals surface area contributed by atoms with Crippen molar-refractivity contribution in [2.24, 2.45) is 5.41 Å². The van der Waals surface area contributed by atoms with E-state index in [0.717, 1.165) is 38.8 Å². The third-order valence-corrected chi connectivity index (χ3v) is 4.00. The van der Waals surface area contributed by atoms with Gasteiger partial charge in [-0.2, -0.15) is 12.8 Å². The van der Waals surface area contributed by atoms with E-state index in [2.05, 4.69) is 26.1 Å². The van der Waals surface area contributed by atoms with Gasteiger partial charge in [0.1, 0.15) is 5.60 Å². The summed E-state index contributed by atoms with van der Waals surface area (Å²) in [5.41, 5.74) is -0.145. The zero-order chi connectivity index (χ0) is 18.8. The van der Waals surface area contributed by atoms with Gasteiger partial charge >= 0.3 is 30.9 Å². The minimum absolute atomic E-state index is 0. The van der Waals surface area contributed by atoms with Gasteiger partial charge in [0.25, 0.3) is 0 Å². The number of carbonyl (C=O) groups excluding carboxylic acids is 1. The van der Waals surface area contributed by atoms with Crippen LogP contribution in [-0.2, 0) is 9.53 Å². The minimum atomic E-state index is -0.734. The van der Waals surface area contributed by atoms with E-state index in [0.29, 0.717) is 6.54 Å². The van der Waals surface area contributed by atoms with E-state index in [-0.39, 0.29) is 30.8 Å². The molecule has 0 unspecified atom stereocenters. The van der Waals surface area contributed by atoms with Crippen LogP contribution in [0.4, 0.5) is 4.79 Å². The van der Waals surface area contributed by atoms with Crippen molar-refractivity contribution >= 4 is 12.1 Å². The molecular formula is C18H33LiN2O4-2. The molecule has 7 heteroatoms. The molecule has 0 radical (unpaired) electrons. The van der Waals surface area contributed by atoms with Gasteiger partial charge in [-0.15, -0.1) is 6.54 Å². The van der Waals surface area contributed by atoms with Gasteiger partial charge in [0.05, 0.1) is 6.54 Å². The molecule has 0 saturated carbocycles. The molecule has 2 N–H and O–H groups in total. The first kappa shape index (κ1) is 26.5. The van der Waals surface area contributed by atoms with Gasteiger partial charge in [0.2, 0.25) is 0 Å². The Morgan fingerprint density at radius 3 is 1.96 bits per heavy atom. The SMILES string of the molecule is [CH2-]CC1(C[CH2-])CCN(CC(=O)O)CC1.[CH2-]CNC(=O)OC(C)(C)C.[Li+]. The van der Waals surface area contributed by atoms with E-state index >= 15 is 0 Å². The van der Waals surface area contributed by atoms with Crippen LogP contribution in [0.25, 0.3) is 0 Å². The molecule has 0 bridgehead atoms. The summed E-state index contributed by atoms with van der Waals surface area (Å²) in [7, 11) is 0. The quantitative estimate of drug-likeness (QED) is 0.538. The van der Waals surface area contributed by atoms with Crippen LogP contribution < -0.4 is 24.2 Å². The molecule has 0 atom stereocenters. The average Bonchev–Trinajstić information content (AvgIpc) is 2.47. The van der Waals surface area contributed by atoms with E-state index in [4.69, 9.17) is 9.84 Å². The number of rotatable bonds is 5. The standard InChI is InChI=1S/C11H19NO2.C7H14NO2.Li/c1-3-11(4-2)5-7-12(8-6-11)9-10(13)14;1-5-8-6(9)10-7(2,3)4;/h1-9H2,(H,13,14);1,5H2,2-4H3,(H,8,9);/q-2;-1;+1. The fourth-order valence-corrected chi connectivity index (χ4v) is 2.42. The molecule has 0 aromatic carbocycles. The molecule has 0 aromatic rings. The second-order valence-corrected chi connectivity index (χ2v) is 7.10. The summed E-state index contributed by atoms with van der Waals surface area (Å²) in [5.74, 6) is -0.734. The van der Waals surface area contributed by atoms with Crippen molar-refractivity contribution in [3.8, 4) is 0 Å². The van der Waals surface area contributed by atoms with Crippen molar-refractivity contribution in [1.29, 1.82) is 0 Å². The Morgan fingerprint density at radius 1 is 1.16 bits per heavy atom. The van der Waals surface area contributed by atoms with Gasteiger partial charge in [-0.05, 0) is 46.7 Å². The second kappa shape index (κ2) is 12.6. The largest absolute Gasteiger partial charge is 1.00 e. The summed E-state index contributed by atoms with van der Waals surface area (Å²) < 4.78 is 4.89. The fraction of sp³-hybridized carbons (Fsp3) is 0.722. The number of carbonyl (C=O) groups is 2. The first-order valence-corrected chi connectivity index (χ1v) is 8.36. The predicted molar refractivity (Wildman–Crippen MR) is 95.3 cm³/mol. The number of aliphatic carboxylic acids is 1. The number of hydrogen-bond donors (Lipinski definition) is 2. The zero-order valence-electron chi connectivity index (χ0n) is 16.4. The molecule has 6 nitrogen and oxygen atoms in total. The average molecular weight is 348 g/mol. The number of nitrogens with zero attached hydrogens (tertiary/aromatic N) is 1. The van der Waals surface area contributed by atoms with Gasteiger partial charge in [-0.25, -0.2) is 4.79 Å². The second-order valence-electron chi connectivity index (χ2n) is 7.10. The monoisotopic (exact) mass is 348 g/mol. The summed E-state index contributed by atoms with van der Waals surface area (Å²) in [6.45, 7) is 19.1. The van der Waals surface area contributed by atoms with Gasteiger partial charge in [-0.1, -0.05) is 5.41 Å². The van der Waals surface area contributed by atoms with Crippen molar-refractivity contribution in [2.45, 2.75) is 52.1 Å². The van der Waals surface area contributed by atoms with Crippen LogP contribution in [0.2, 0.25) is 0 Å². The Bertz CT molecular complexity index is 383. The summed E-state index contributed by atoms with van der Waals surface area (Å²) in [6.07, 6.45) is 3.48. The maximum atomic E-state index is 10.7. The van der Waals surface area contributed by atoms with Crippen LogP contribution >= 0.6 is 0 Å². The molecule has 142 valence electrons. The number of nitrogens with one attached hydrogen (secondary N) is 1. The van der Waals surface area contributed by atoms with Crippen LogP contribution in [0.15, 0.2) is 0 Å². The Balaban J connectivity index is 0. The summed E-state index contributed by atoms with van der Waals surface area (Å²) in [4.78, 5) is 23.2. The van der Waals surface area contributed by atoms with Gasteiger partial charge in [0.15, 0.2) is 0 Å². The smallest absolute Gasteiger partial charge is 0.480 e. The molecule has 1 aliphatic heterocycles. The number of ether oxygens (including phenoxy) is 1. The maximum absolute atomic E-state index is 10.7. The first-order chi connectivity index (χ1) is 11.1. The summed E-state index contributed by atoms with van der Waals surface area (Å²) in [5, 5.41) is 11.1. The van der Waals surface area contributed by atoms with E-state index in [9.17, 15) is 9.59 Å². The van der Waals surface area contributed by atoms with Gasteiger partial charge in [-0.3, -0.25) is 9.69 Å². The third kappa shape index (κ3) is 12.3. The van der Waals surface area contributed by atoms with Crippen molar-refractivity contribution in [1.82, 2.24) is 10.2 Å². The van der Waals surface area contributed by atoms with E-state index < -0.39 is 17.7 Å². The van der Waals surface area contributed by atoms with E-state index in [1.165, 1.54) is 0 Å². The molecule has 0 aromatic heterocycles. The topological polar surface area (TPSA) is 78.9 Å². The summed E-state index contributed by atoms with van der Waals surface area (Å²) >= 11 is 0. The van der Waals surface area contributed by atoms with Crippen LogP contribution in [0.3, 0.4) is 0 Å². The van der Waals surface area contributed by atoms with Gasteiger partial charge in [0, 0.05) is 0 Å². The predicted octanol–water partition coefficient (Wildman–Crippen LogP) is -0.0492. The Labute approximate surface area is 165 Å². The molecule has 25 heavy (non-hydrogen) atoms. The number of piperidine rings is 1. The Kier molecular flexibility index (Phi) is 13.4. The van der Waals surface area contributed by atoms with Crippen molar-refractivity contribution in [3.63, 3.8) is 0 Å². The number of hydrogen-bond acceptors (Lipinski definition) is 4. The Morgan fingerprint density at radius 2 is 1.64 bits per heavy atom. The third-order valence-electron chi connectivity index (χ3n) is 4.00. The summed E-state index contributed by atoms with van der Waals surface area (Å²) in [6, 6.07) is 0. The molecule has 1 saturated heterocycles. The maximum Gasteiger partial charge on any atom is 1.00 e. The molecule has 1 heterocycles. The number of alkyl carbamates (subject to hydrolysis) is 1. The molecule has 0 aliphatic carbocycles. The van der Waals surface area contributed by atoms with Crippen LogP contribution in [0.5, 0.6) is 0 Å². The van der Waals surface area contributed by atoms with Crippen molar-refractivity contribution in [3.05, 3.63) is 20.8 Å². The van der Waals surface area contributed by atoms with E-state index in [1.54, 1.807) is 0 Å². The van der Waals surface area contributed by atoms with Crippen LogP contribution in [0, 0.1) is 26.2 Å². The normalized spacial score (nSPS) is 16.7. The molecular weight excluding hydrogens is 315 g/mol. The Hall–Kier alpha value is -0.703. The molecule has 1 fully saturated rings. The molecule has 0 spiro atoms. The minimum Gasteiger partial charge on any atom is -0.480 e. The van der Waals surface area contributed by atoms with Crippen LogP contribution in [0.1, 0.15) is 46.5 Å². The van der Waals surface area contributed by atoms with Crippen LogP contribution in [-0.4, -0.2) is 53.8 Å². The molecule has 1 amide bonds. The number of likely N-dealkylation sites (tertiary alicyclic amines) is 1. The number of carboxylic acid groups (broad SMARTS) is 1.